The van der Waals surface area contributed by atoms with Crippen LogP contribution in [0.3, 0.4) is 0 Å². The van der Waals surface area contributed by atoms with Crippen LogP contribution in [0.2, 0.25) is 0 Å². The van der Waals surface area contributed by atoms with Gasteiger partial charge in [0, 0.05) is 29.9 Å². The molecule has 1 atom stereocenters. The van der Waals surface area contributed by atoms with Crippen LogP contribution >= 0.6 is 0 Å². The number of ether oxygens (including phenoxy) is 1. The number of rotatable bonds is 6. The van der Waals surface area contributed by atoms with Crippen molar-refractivity contribution in [3.63, 3.8) is 0 Å². The average molecular weight is 259 g/mol. The van der Waals surface area contributed by atoms with Gasteiger partial charge in [0.15, 0.2) is 0 Å². The Morgan fingerprint density at radius 2 is 2.11 bits per heavy atom. The average Bonchev–Trinajstić information content (AvgIpc) is 2.92. The first-order chi connectivity index (χ1) is 9.24. The molecule has 0 aliphatic heterocycles. The van der Waals surface area contributed by atoms with Crippen LogP contribution in [-0.2, 0) is 13.2 Å². The van der Waals surface area contributed by atoms with Gasteiger partial charge < -0.3 is 10.5 Å². The van der Waals surface area contributed by atoms with Gasteiger partial charge in [0.05, 0.1) is 6.20 Å². The first-order valence-electron chi connectivity index (χ1n) is 6.73. The summed E-state index contributed by atoms with van der Waals surface area (Å²) in [7, 11) is 0. The van der Waals surface area contributed by atoms with Gasteiger partial charge in [-0.15, -0.1) is 0 Å². The lowest BCUT2D eigenvalue weighted by Gasteiger charge is -2.15. The third-order valence-electron chi connectivity index (χ3n) is 3.16. The Hall–Kier alpha value is -1.81. The van der Waals surface area contributed by atoms with Crippen LogP contribution in [0.4, 0.5) is 0 Å². The largest absolute Gasteiger partial charge is 0.488 e. The Morgan fingerprint density at radius 3 is 2.79 bits per heavy atom. The smallest absolute Gasteiger partial charge is 0.124 e. The Balaban J connectivity index is 2.06. The lowest BCUT2D eigenvalue weighted by Crippen LogP contribution is -2.10. The summed E-state index contributed by atoms with van der Waals surface area (Å²) in [5.41, 5.74) is 8.23. The van der Waals surface area contributed by atoms with Crippen molar-refractivity contribution in [3.8, 4) is 5.75 Å². The normalized spacial score (nSPS) is 12.4. The first kappa shape index (κ1) is 13.6. The molecule has 4 heteroatoms. The molecule has 0 saturated carbocycles. The molecule has 2 N–H and O–H groups in total. The predicted molar refractivity (Wildman–Crippen MR) is 75.9 cm³/mol. The quantitative estimate of drug-likeness (QED) is 0.867. The number of nitrogens with two attached hydrogens (primary N) is 1. The van der Waals surface area contributed by atoms with E-state index in [1.165, 1.54) is 0 Å². The maximum Gasteiger partial charge on any atom is 0.124 e. The molecule has 0 aliphatic rings. The maximum absolute atomic E-state index is 6.09. The van der Waals surface area contributed by atoms with E-state index < -0.39 is 0 Å². The fourth-order valence-electron chi connectivity index (χ4n) is 1.95. The third-order valence-corrected chi connectivity index (χ3v) is 3.16. The number of benzene rings is 1. The van der Waals surface area contributed by atoms with Crippen molar-refractivity contribution in [1.29, 1.82) is 0 Å². The monoisotopic (exact) mass is 259 g/mol. The maximum atomic E-state index is 6.09. The molecule has 0 spiro atoms. The summed E-state index contributed by atoms with van der Waals surface area (Å²) in [6.45, 7) is 5.53. The molecule has 0 unspecified atom stereocenters. The third kappa shape index (κ3) is 3.35. The Morgan fingerprint density at radius 1 is 1.32 bits per heavy atom. The van der Waals surface area contributed by atoms with Gasteiger partial charge in [-0.1, -0.05) is 25.1 Å². The van der Waals surface area contributed by atoms with E-state index in [2.05, 4.69) is 18.9 Å². The minimum Gasteiger partial charge on any atom is -0.488 e. The Labute approximate surface area is 114 Å². The molecule has 19 heavy (non-hydrogen) atoms. The lowest BCUT2D eigenvalue weighted by atomic mass is 10.0. The molecule has 4 nitrogen and oxygen atoms in total. The number of para-hydroxylation sites is 1. The predicted octanol–water partition coefficient (Wildman–Crippen LogP) is 2.89. The van der Waals surface area contributed by atoms with Gasteiger partial charge in [0.2, 0.25) is 0 Å². The molecule has 1 aromatic heterocycles. The lowest BCUT2D eigenvalue weighted by molar-refractivity contribution is 0.300. The van der Waals surface area contributed by atoms with Crippen LogP contribution in [0.25, 0.3) is 0 Å². The highest BCUT2D eigenvalue weighted by atomic mass is 16.5. The van der Waals surface area contributed by atoms with Crippen LogP contribution < -0.4 is 10.5 Å². The number of aromatic nitrogens is 2. The highest BCUT2D eigenvalue weighted by Crippen LogP contribution is 2.26. The molecule has 0 fully saturated rings. The first-order valence-corrected chi connectivity index (χ1v) is 6.73. The number of hydrogen-bond donors (Lipinski definition) is 1. The molecule has 102 valence electrons. The molecule has 0 saturated heterocycles. The van der Waals surface area contributed by atoms with Gasteiger partial charge in [0.1, 0.15) is 12.4 Å². The topological polar surface area (TPSA) is 53.1 Å². The minimum atomic E-state index is 0.0227. The SMILES string of the molecule is CC[C@@H](N)c1ccccc1OCc1cnn(CC)c1. The highest BCUT2D eigenvalue weighted by Gasteiger charge is 2.10. The Bertz CT molecular complexity index is 522. The number of hydrogen-bond acceptors (Lipinski definition) is 3. The molecular formula is C15H21N3O. The molecule has 0 radical (unpaired) electrons. The van der Waals surface area contributed by atoms with E-state index in [-0.39, 0.29) is 6.04 Å². The van der Waals surface area contributed by atoms with Gasteiger partial charge >= 0.3 is 0 Å². The fraction of sp³-hybridized carbons (Fsp3) is 0.400. The van der Waals surface area contributed by atoms with Crippen molar-refractivity contribution in [1.82, 2.24) is 9.78 Å². The van der Waals surface area contributed by atoms with Crippen molar-refractivity contribution in [2.24, 2.45) is 5.73 Å². The van der Waals surface area contributed by atoms with Crippen molar-refractivity contribution in [2.75, 3.05) is 0 Å². The summed E-state index contributed by atoms with van der Waals surface area (Å²) in [6, 6.07) is 7.98. The standard InChI is InChI=1S/C15H21N3O/c1-3-14(16)13-7-5-6-8-15(13)19-11-12-9-17-18(4-2)10-12/h5-10,14H,3-4,11,16H2,1-2H3/t14-/m1/s1. The van der Waals surface area contributed by atoms with E-state index in [4.69, 9.17) is 10.5 Å². The molecule has 0 bridgehead atoms. The van der Waals surface area contributed by atoms with Crippen molar-refractivity contribution in [3.05, 3.63) is 47.8 Å². The van der Waals surface area contributed by atoms with E-state index in [0.717, 1.165) is 29.8 Å². The van der Waals surface area contributed by atoms with Crippen LogP contribution in [-0.4, -0.2) is 9.78 Å². The van der Waals surface area contributed by atoms with Crippen LogP contribution in [0.1, 0.15) is 37.4 Å². The summed E-state index contributed by atoms with van der Waals surface area (Å²) in [6.07, 6.45) is 4.74. The van der Waals surface area contributed by atoms with Crippen molar-refractivity contribution >= 4 is 0 Å². The zero-order chi connectivity index (χ0) is 13.7. The van der Waals surface area contributed by atoms with Crippen LogP contribution in [0.15, 0.2) is 36.7 Å². The molecule has 0 aliphatic carbocycles. The van der Waals surface area contributed by atoms with Gasteiger partial charge in [-0.05, 0) is 19.4 Å². The van der Waals surface area contributed by atoms with Gasteiger partial charge in [-0.25, -0.2) is 0 Å². The summed E-state index contributed by atoms with van der Waals surface area (Å²) in [4.78, 5) is 0. The molecule has 1 heterocycles. The van der Waals surface area contributed by atoms with Gasteiger partial charge in [-0.3, -0.25) is 4.68 Å². The molecular weight excluding hydrogens is 238 g/mol. The van der Waals surface area contributed by atoms with E-state index in [1.807, 2.05) is 41.3 Å². The van der Waals surface area contributed by atoms with Crippen molar-refractivity contribution in [2.45, 2.75) is 39.5 Å². The van der Waals surface area contributed by atoms with Gasteiger partial charge in [-0.2, -0.15) is 5.10 Å². The summed E-state index contributed by atoms with van der Waals surface area (Å²) in [5, 5.41) is 4.23. The Kier molecular flexibility index (Phi) is 4.58. The zero-order valence-electron chi connectivity index (χ0n) is 11.5. The molecule has 2 aromatic rings. The van der Waals surface area contributed by atoms with Gasteiger partial charge in [0.25, 0.3) is 0 Å². The van der Waals surface area contributed by atoms with E-state index in [0.29, 0.717) is 6.61 Å². The minimum absolute atomic E-state index is 0.0227. The summed E-state index contributed by atoms with van der Waals surface area (Å²) >= 11 is 0. The second-order valence-corrected chi connectivity index (χ2v) is 4.55. The second-order valence-electron chi connectivity index (χ2n) is 4.55. The van der Waals surface area contributed by atoms with E-state index >= 15 is 0 Å². The zero-order valence-corrected chi connectivity index (χ0v) is 11.5. The fourth-order valence-corrected chi connectivity index (χ4v) is 1.95. The molecule has 2 rings (SSSR count). The summed E-state index contributed by atoms with van der Waals surface area (Å²) in [5.74, 6) is 0.862. The summed E-state index contributed by atoms with van der Waals surface area (Å²) < 4.78 is 7.76. The molecule has 1 aromatic carbocycles. The van der Waals surface area contributed by atoms with E-state index in [9.17, 15) is 0 Å². The number of nitrogens with zero attached hydrogens (tertiary/aromatic N) is 2. The highest BCUT2D eigenvalue weighted by molar-refractivity contribution is 5.35. The van der Waals surface area contributed by atoms with Crippen LogP contribution in [0.5, 0.6) is 5.75 Å². The number of aryl methyl sites for hydroxylation is 1. The van der Waals surface area contributed by atoms with Crippen molar-refractivity contribution < 1.29 is 4.74 Å². The van der Waals surface area contributed by atoms with E-state index in [1.54, 1.807) is 0 Å². The second kappa shape index (κ2) is 6.38. The van der Waals surface area contributed by atoms with Crippen LogP contribution in [0, 0.1) is 0 Å². The molecule has 0 amide bonds.